The smallest absolute Gasteiger partial charge is 0.327 e. The second kappa shape index (κ2) is 9.88. The van der Waals surface area contributed by atoms with E-state index >= 15 is 0 Å². The lowest BCUT2D eigenvalue weighted by Gasteiger charge is -2.38. The second-order valence-corrected chi connectivity index (χ2v) is 7.87. The summed E-state index contributed by atoms with van der Waals surface area (Å²) in [5.74, 6) is -0.312. The van der Waals surface area contributed by atoms with Crippen LogP contribution in [0.3, 0.4) is 0 Å². The molecule has 3 aromatic rings. The molecule has 1 aromatic heterocycles. The molecule has 9 nitrogen and oxygen atoms in total. The first-order chi connectivity index (χ1) is 15.6. The summed E-state index contributed by atoms with van der Waals surface area (Å²) in [6.07, 6.45) is 1.82. The lowest BCUT2D eigenvalue weighted by atomic mass is 10.0. The zero-order valence-electron chi connectivity index (χ0n) is 17.6. The third-order valence-corrected chi connectivity index (χ3v) is 5.91. The summed E-state index contributed by atoms with van der Waals surface area (Å²) >= 11 is 6.34. The summed E-state index contributed by atoms with van der Waals surface area (Å²) in [5, 5.41) is 11.6. The van der Waals surface area contributed by atoms with Gasteiger partial charge in [0.15, 0.2) is 0 Å². The molecule has 10 heteroatoms. The zero-order valence-corrected chi connectivity index (χ0v) is 18.4. The molecule has 0 N–H and O–H groups in total. The van der Waals surface area contributed by atoms with Crippen molar-refractivity contribution in [1.82, 2.24) is 30.0 Å². The number of tetrazole rings is 1. The van der Waals surface area contributed by atoms with Gasteiger partial charge in [-0.1, -0.05) is 41.9 Å². The molecule has 1 atom stereocenters. The van der Waals surface area contributed by atoms with Gasteiger partial charge in [-0.05, 0) is 39.8 Å². The molecule has 2 heterocycles. The number of hydrogen-bond donors (Lipinski definition) is 0. The Labute approximate surface area is 190 Å². The number of benzene rings is 2. The van der Waals surface area contributed by atoms with Crippen LogP contribution in [-0.4, -0.2) is 75.2 Å². The third-order valence-electron chi connectivity index (χ3n) is 5.56. The van der Waals surface area contributed by atoms with Crippen molar-refractivity contribution in [2.75, 3.05) is 33.3 Å². The van der Waals surface area contributed by atoms with Crippen molar-refractivity contribution in [2.45, 2.75) is 12.5 Å². The lowest BCUT2D eigenvalue weighted by Crippen LogP contribution is -2.51. The molecule has 166 valence electrons. The van der Waals surface area contributed by atoms with Gasteiger partial charge >= 0.3 is 5.97 Å². The van der Waals surface area contributed by atoms with Gasteiger partial charge in [-0.2, -0.15) is 0 Å². The summed E-state index contributed by atoms with van der Waals surface area (Å²) in [4.78, 5) is 29.2. The van der Waals surface area contributed by atoms with E-state index in [9.17, 15) is 9.59 Å². The second-order valence-electron chi connectivity index (χ2n) is 7.46. The minimum atomic E-state index is -0.593. The molecule has 1 saturated heterocycles. The molecule has 0 radical (unpaired) electrons. The van der Waals surface area contributed by atoms with Gasteiger partial charge in [0.25, 0.3) is 0 Å². The maximum Gasteiger partial charge on any atom is 0.327 e. The molecule has 0 saturated carbocycles. The monoisotopic (exact) mass is 454 g/mol. The number of piperazine rings is 1. The van der Waals surface area contributed by atoms with Crippen molar-refractivity contribution in [3.05, 3.63) is 71.0 Å². The van der Waals surface area contributed by atoms with Gasteiger partial charge in [0, 0.05) is 31.2 Å². The maximum absolute atomic E-state index is 12.8. The fourth-order valence-corrected chi connectivity index (χ4v) is 4.08. The number of hydrogen-bond acceptors (Lipinski definition) is 7. The Bertz CT molecular complexity index is 1070. The van der Waals surface area contributed by atoms with Gasteiger partial charge in [-0.3, -0.25) is 9.69 Å². The molecule has 0 aliphatic carbocycles. The molecule has 4 rings (SSSR count). The molecule has 1 aliphatic rings. The highest BCUT2D eigenvalue weighted by Gasteiger charge is 2.33. The number of ether oxygens (including phenoxy) is 1. The van der Waals surface area contributed by atoms with E-state index in [1.165, 1.54) is 13.4 Å². The molecule has 1 fully saturated rings. The fourth-order valence-electron chi connectivity index (χ4n) is 3.84. The fraction of sp³-hybridized carbons (Fsp3) is 0.318. The summed E-state index contributed by atoms with van der Waals surface area (Å²) in [6.45, 7) is 2.16. The number of methoxy groups -OCH3 is 1. The van der Waals surface area contributed by atoms with E-state index in [1.54, 1.807) is 10.7 Å². The SMILES string of the molecule is COC(=O)C(c1ccccc1Cl)N1CCN(C(=O)Cc2ccc(-n3cnnn3)cc2)CC1. The Kier molecular flexibility index (Phi) is 6.77. The van der Waals surface area contributed by atoms with Crippen LogP contribution in [0.1, 0.15) is 17.2 Å². The van der Waals surface area contributed by atoms with Crippen LogP contribution in [0.25, 0.3) is 5.69 Å². The first-order valence-electron chi connectivity index (χ1n) is 10.2. The Morgan fingerprint density at radius 2 is 1.78 bits per heavy atom. The normalized spacial score (nSPS) is 15.4. The topological polar surface area (TPSA) is 93.5 Å². The third kappa shape index (κ3) is 4.79. The van der Waals surface area contributed by atoms with E-state index < -0.39 is 6.04 Å². The minimum Gasteiger partial charge on any atom is -0.468 e. The number of aromatic nitrogens is 4. The van der Waals surface area contributed by atoms with E-state index in [-0.39, 0.29) is 11.9 Å². The zero-order chi connectivity index (χ0) is 22.5. The van der Waals surface area contributed by atoms with Crippen LogP contribution in [0.2, 0.25) is 5.02 Å². The Morgan fingerprint density at radius 3 is 2.41 bits per heavy atom. The molecule has 1 amide bonds. The predicted molar refractivity (Wildman–Crippen MR) is 117 cm³/mol. The van der Waals surface area contributed by atoms with E-state index in [4.69, 9.17) is 16.3 Å². The standard InChI is InChI=1S/C22H23ClN6O3/c1-32-22(31)21(18-4-2-3-5-19(18)23)28-12-10-27(11-13-28)20(30)14-16-6-8-17(9-7-16)29-15-24-25-26-29/h2-9,15,21H,10-14H2,1H3. The molecule has 1 aliphatic heterocycles. The summed E-state index contributed by atoms with van der Waals surface area (Å²) in [7, 11) is 1.37. The number of halogens is 1. The lowest BCUT2D eigenvalue weighted by molar-refractivity contribution is -0.148. The van der Waals surface area contributed by atoms with Crippen LogP contribution in [-0.2, 0) is 20.7 Å². The first kappa shape index (κ1) is 21.9. The summed E-state index contributed by atoms with van der Waals surface area (Å²) in [6, 6.07) is 14.2. The molecule has 0 bridgehead atoms. The van der Waals surface area contributed by atoms with Gasteiger partial charge in [0.1, 0.15) is 12.4 Å². The van der Waals surface area contributed by atoms with Crippen molar-refractivity contribution < 1.29 is 14.3 Å². The highest BCUT2D eigenvalue weighted by molar-refractivity contribution is 6.31. The average Bonchev–Trinajstić information content (AvgIpc) is 3.36. The Morgan fingerprint density at radius 1 is 1.06 bits per heavy atom. The first-order valence-corrected chi connectivity index (χ1v) is 10.6. The van der Waals surface area contributed by atoms with Crippen molar-refractivity contribution in [3.63, 3.8) is 0 Å². The number of carbonyl (C=O) groups excluding carboxylic acids is 2. The van der Waals surface area contributed by atoms with Gasteiger partial charge in [-0.15, -0.1) is 5.10 Å². The molecule has 1 unspecified atom stereocenters. The van der Waals surface area contributed by atoms with Gasteiger partial charge in [0.05, 0.1) is 19.2 Å². The quantitative estimate of drug-likeness (QED) is 0.525. The largest absolute Gasteiger partial charge is 0.468 e. The van der Waals surface area contributed by atoms with Gasteiger partial charge in [-0.25, -0.2) is 9.48 Å². The van der Waals surface area contributed by atoms with Crippen LogP contribution in [0, 0.1) is 0 Å². The van der Waals surface area contributed by atoms with Crippen LogP contribution in [0.5, 0.6) is 0 Å². The van der Waals surface area contributed by atoms with Crippen molar-refractivity contribution in [1.29, 1.82) is 0 Å². The van der Waals surface area contributed by atoms with Crippen LogP contribution in [0.15, 0.2) is 54.9 Å². The van der Waals surface area contributed by atoms with Crippen molar-refractivity contribution in [2.24, 2.45) is 0 Å². The number of carbonyl (C=O) groups is 2. The summed E-state index contributed by atoms with van der Waals surface area (Å²) < 4.78 is 6.59. The highest BCUT2D eigenvalue weighted by Crippen LogP contribution is 2.29. The Hall–Kier alpha value is -3.30. The van der Waals surface area contributed by atoms with E-state index in [0.29, 0.717) is 43.2 Å². The van der Waals surface area contributed by atoms with E-state index in [1.807, 2.05) is 52.3 Å². The average molecular weight is 455 g/mol. The molecule has 32 heavy (non-hydrogen) atoms. The molecular formula is C22H23ClN6O3. The minimum absolute atomic E-state index is 0.0483. The molecule has 2 aromatic carbocycles. The number of nitrogens with zero attached hydrogens (tertiary/aromatic N) is 6. The Balaban J connectivity index is 1.37. The van der Waals surface area contributed by atoms with Gasteiger partial charge in [0.2, 0.25) is 5.91 Å². The van der Waals surface area contributed by atoms with Crippen LogP contribution in [0.4, 0.5) is 0 Å². The summed E-state index contributed by atoms with van der Waals surface area (Å²) in [5.41, 5.74) is 2.45. The van der Waals surface area contributed by atoms with E-state index in [2.05, 4.69) is 15.5 Å². The van der Waals surface area contributed by atoms with Crippen LogP contribution >= 0.6 is 11.6 Å². The number of amides is 1. The van der Waals surface area contributed by atoms with Gasteiger partial charge < -0.3 is 9.64 Å². The maximum atomic E-state index is 12.8. The number of esters is 1. The van der Waals surface area contributed by atoms with Crippen LogP contribution < -0.4 is 0 Å². The van der Waals surface area contributed by atoms with Crippen molar-refractivity contribution in [3.8, 4) is 5.69 Å². The number of rotatable bonds is 6. The van der Waals surface area contributed by atoms with Crippen molar-refractivity contribution >= 4 is 23.5 Å². The highest BCUT2D eigenvalue weighted by atomic mass is 35.5. The predicted octanol–water partition coefficient (Wildman–Crippen LogP) is 1.92. The molecular weight excluding hydrogens is 432 g/mol. The molecule has 0 spiro atoms. The van der Waals surface area contributed by atoms with E-state index in [0.717, 1.165) is 11.3 Å².